The molecule has 0 aliphatic carbocycles. The summed E-state index contributed by atoms with van der Waals surface area (Å²) in [7, 11) is 0. The molecule has 0 spiro atoms. The van der Waals surface area contributed by atoms with Gasteiger partial charge in [-0.1, -0.05) is 20.8 Å². The summed E-state index contributed by atoms with van der Waals surface area (Å²) < 4.78 is 5.94. The third kappa shape index (κ3) is 7.80. The molecule has 2 saturated heterocycles. The van der Waals surface area contributed by atoms with Crippen molar-refractivity contribution in [1.29, 1.82) is 0 Å². The first-order valence-electron chi connectivity index (χ1n) is 10.7. The molecule has 2 aliphatic rings. The molecule has 0 radical (unpaired) electrons. The zero-order valence-electron chi connectivity index (χ0n) is 17.5. The number of nitrogens with zero attached hydrogens (tertiary/aromatic N) is 3. The molecule has 2 N–H and O–H groups in total. The van der Waals surface area contributed by atoms with Crippen molar-refractivity contribution >= 4 is 5.96 Å². The van der Waals surface area contributed by atoms with E-state index in [1.807, 2.05) is 0 Å². The molecule has 26 heavy (non-hydrogen) atoms. The van der Waals surface area contributed by atoms with Gasteiger partial charge in [0.25, 0.3) is 0 Å². The number of hydrogen-bond donors (Lipinski definition) is 2. The molecule has 152 valence electrons. The van der Waals surface area contributed by atoms with Crippen LogP contribution in [0.1, 0.15) is 40.5 Å². The third-order valence-corrected chi connectivity index (χ3v) is 5.11. The van der Waals surface area contributed by atoms with Crippen LogP contribution in [0.2, 0.25) is 0 Å². The van der Waals surface area contributed by atoms with Crippen molar-refractivity contribution in [3.8, 4) is 0 Å². The van der Waals surface area contributed by atoms with E-state index in [0.717, 1.165) is 51.8 Å². The van der Waals surface area contributed by atoms with Crippen LogP contribution < -0.4 is 10.6 Å². The molecule has 2 rings (SSSR count). The first-order chi connectivity index (χ1) is 12.6. The highest BCUT2D eigenvalue weighted by Crippen LogP contribution is 2.16. The van der Waals surface area contributed by atoms with Gasteiger partial charge in [0.05, 0.1) is 12.7 Å². The van der Waals surface area contributed by atoms with Crippen molar-refractivity contribution in [2.24, 2.45) is 16.8 Å². The van der Waals surface area contributed by atoms with E-state index in [-0.39, 0.29) is 6.10 Å². The fraction of sp³-hybridized carbons (Fsp3) is 0.950. The lowest BCUT2D eigenvalue weighted by Gasteiger charge is -2.34. The van der Waals surface area contributed by atoms with Crippen molar-refractivity contribution in [3.63, 3.8) is 0 Å². The number of rotatable bonds is 9. The van der Waals surface area contributed by atoms with E-state index in [4.69, 9.17) is 9.73 Å². The second-order valence-electron chi connectivity index (χ2n) is 8.20. The zero-order chi connectivity index (χ0) is 18.8. The van der Waals surface area contributed by atoms with Gasteiger partial charge in [-0.2, -0.15) is 0 Å². The number of morpholine rings is 1. The van der Waals surface area contributed by atoms with Gasteiger partial charge in [-0.15, -0.1) is 0 Å². The number of guanidine groups is 1. The standard InChI is InChI=1S/C20H41N5O/c1-5-8-24-9-7-18(15-24)12-22-20(21-6-2)23-13-19-16-25(10-11-26-19)14-17(3)4/h17-19H,5-16H2,1-4H3,(H2,21,22,23). The van der Waals surface area contributed by atoms with Crippen LogP contribution in [0, 0.1) is 11.8 Å². The molecule has 0 amide bonds. The summed E-state index contributed by atoms with van der Waals surface area (Å²) in [4.78, 5) is 9.93. The van der Waals surface area contributed by atoms with Gasteiger partial charge in [-0.25, -0.2) is 0 Å². The Bertz CT molecular complexity index is 415. The monoisotopic (exact) mass is 367 g/mol. The predicted octanol–water partition coefficient (Wildman–Crippen LogP) is 1.63. The average Bonchev–Trinajstić information content (AvgIpc) is 3.05. The van der Waals surface area contributed by atoms with Gasteiger partial charge in [0.1, 0.15) is 0 Å². The van der Waals surface area contributed by atoms with Gasteiger partial charge in [0.15, 0.2) is 5.96 Å². The normalized spacial score (nSPS) is 25.8. The molecule has 0 aromatic rings. The van der Waals surface area contributed by atoms with Crippen LogP contribution in [0.5, 0.6) is 0 Å². The van der Waals surface area contributed by atoms with E-state index in [1.165, 1.54) is 32.5 Å². The SMILES string of the molecule is CCCN1CCC(CN=C(NCC)NCC2CN(CC(C)C)CCO2)C1. The Morgan fingerprint density at radius 1 is 1.15 bits per heavy atom. The number of aliphatic imine (C=N–C) groups is 1. The van der Waals surface area contributed by atoms with E-state index in [1.54, 1.807) is 0 Å². The third-order valence-electron chi connectivity index (χ3n) is 5.11. The number of likely N-dealkylation sites (tertiary alicyclic amines) is 1. The summed E-state index contributed by atoms with van der Waals surface area (Å²) in [6.45, 7) is 19.3. The highest BCUT2D eigenvalue weighted by atomic mass is 16.5. The van der Waals surface area contributed by atoms with Crippen LogP contribution in [0.3, 0.4) is 0 Å². The first kappa shape index (κ1) is 21.5. The lowest BCUT2D eigenvalue weighted by Crippen LogP contribution is -2.50. The van der Waals surface area contributed by atoms with Gasteiger partial charge in [0.2, 0.25) is 0 Å². The van der Waals surface area contributed by atoms with Gasteiger partial charge in [-0.3, -0.25) is 9.89 Å². The Balaban J connectivity index is 1.74. The molecule has 2 fully saturated rings. The molecule has 0 aromatic carbocycles. The summed E-state index contributed by atoms with van der Waals surface area (Å²) in [6.07, 6.45) is 2.77. The minimum atomic E-state index is 0.248. The zero-order valence-corrected chi connectivity index (χ0v) is 17.5. The van der Waals surface area contributed by atoms with Crippen LogP contribution in [-0.4, -0.2) is 87.4 Å². The molecule has 2 aliphatic heterocycles. The Morgan fingerprint density at radius 3 is 2.73 bits per heavy atom. The van der Waals surface area contributed by atoms with Gasteiger partial charge < -0.3 is 20.3 Å². The summed E-state index contributed by atoms with van der Waals surface area (Å²) in [6, 6.07) is 0. The Labute approximate surface area is 160 Å². The molecule has 2 heterocycles. The molecule has 2 unspecified atom stereocenters. The lowest BCUT2D eigenvalue weighted by molar-refractivity contribution is -0.0284. The predicted molar refractivity (Wildman–Crippen MR) is 110 cm³/mol. The minimum Gasteiger partial charge on any atom is -0.374 e. The molecule has 0 aromatic heterocycles. The lowest BCUT2D eigenvalue weighted by atomic mass is 10.1. The van der Waals surface area contributed by atoms with Gasteiger partial charge >= 0.3 is 0 Å². The van der Waals surface area contributed by atoms with Crippen LogP contribution in [0.4, 0.5) is 0 Å². The van der Waals surface area contributed by atoms with E-state index in [2.05, 4.69) is 48.1 Å². The van der Waals surface area contributed by atoms with Crippen molar-refractivity contribution in [1.82, 2.24) is 20.4 Å². The second kappa shape index (κ2) is 11.8. The molecule has 6 nitrogen and oxygen atoms in total. The number of hydrogen-bond acceptors (Lipinski definition) is 4. The number of nitrogens with one attached hydrogen (secondary N) is 2. The van der Waals surface area contributed by atoms with E-state index >= 15 is 0 Å². The van der Waals surface area contributed by atoms with Crippen molar-refractivity contribution in [3.05, 3.63) is 0 Å². The maximum atomic E-state index is 5.94. The van der Waals surface area contributed by atoms with Gasteiger partial charge in [0, 0.05) is 45.8 Å². The van der Waals surface area contributed by atoms with Crippen molar-refractivity contribution in [2.75, 3.05) is 65.5 Å². The fourth-order valence-corrected chi connectivity index (χ4v) is 3.94. The van der Waals surface area contributed by atoms with Crippen LogP contribution in [-0.2, 0) is 4.74 Å². The summed E-state index contributed by atoms with van der Waals surface area (Å²) >= 11 is 0. The van der Waals surface area contributed by atoms with Crippen LogP contribution in [0.15, 0.2) is 4.99 Å². The molecule has 0 bridgehead atoms. The Kier molecular flexibility index (Phi) is 9.72. The summed E-state index contributed by atoms with van der Waals surface area (Å²) in [5.74, 6) is 2.34. The first-order valence-corrected chi connectivity index (χ1v) is 10.7. The molecule has 0 saturated carbocycles. The number of ether oxygens (including phenoxy) is 1. The smallest absolute Gasteiger partial charge is 0.191 e. The quantitative estimate of drug-likeness (QED) is 0.479. The van der Waals surface area contributed by atoms with E-state index < -0.39 is 0 Å². The van der Waals surface area contributed by atoms with E-state index in [0.29, 0.717) is 11.8 Å². The summed E-state index contributed by atoms with van der Waals surface area (Å²) in [5.41, 5.74) is 0. The molecular weight excluding hydrogens is 326 g/mol. The second-order valence-corrected chi connectivity index (χ2v) is 8.20. The highest BCUT2D eigenvalue weighted by molar-refractivity contribution is 5.79. The van der Waals surface area contributed by atoms with Crippen LogP contribution in [0.25, 0.3) is 0 Å². The Morgan fingerprint density at radius 2 is 2.00 bits per heavy atom. The summed E-state index contributed by atoms with van der Waals surface area (Å²) in [5, 5.41) is 6.88. The largest absolute Gasteiger partial charge is 0.374 e. The average molecular weight is 368 g/mol. The maximum absolute atomic E-state index is 5.94. The van der Waals surface area contributed by atoms with Gasteiger partial charge in [-0.05, 0) is 44.7 Å². The molecular formula is C20H41N5O. The molecule has 6 heteroatoms. The minimum absolute atomic E-state index is 0.248. The van der Waals surface area contributed by atoms with E-state index in [9.17, 15) is 0 Å². The fourth-order valence-electron chi connectivity index (χ4n) is 3.94. The van der Waals surface area contributed by atoms with Crippen LogP contribution >= 0.6 is 0 Å². The topological polar surface area (TPSA) is 52.1 Å². The maximum Gasteiger partial charge on any atom is 0.191 e. The highest BCUT2D eigenvalue weighted by Gasteiger charge is 2.22. The Hall–Kier alpha value is -0.850. The molecule has 2 atom stereocenters. The van der Waals surface area contributed by atoms with Crippen molar-refractivity contribution in [2.45, 2.75) is 46.6 Å². The van der Waals surface area contributed by atoms with Crippen molar-refractivity contribution < 1.29 is 4.74 Å².